The van der Waals surface area contributed by atoms with Gasteiger partial charge in [-0.3, -0.25) is 24.5 Å². The van der Waals surface area contributed by atoms with Crippen LogP contribution >= 0.6 is 0 Å². The number of esters is 1. The van der Waals surface area contributed by atoms with Crippen molar-refractivity contribution >= 4 is 41.0 Å². The topological polar surface area (TPSA) is 149 Å². The van der Waals surface area contributed by atoms with Crippen molar-refractivity contribution in [3.63, 3.8) is 0 Å². The average Bonchev–Trinajstić information content (AvgIpc) is 3.28. The van der Waals surface area contributed by atoms with Gasteiger partial charge in [0.2, 0.25) is 17.7 Å². The van der Waals surface area contributed by atoms with Crippen molar-refractivity contribution in [3.8, 4) is 0 Å². The van der Waals surface area contributed by atoms with E-state index in [4.69, 9.17) is 14.9 Å². The van der Waals surface area contributed by atoms with Crippen LogP contribution in [0.5, 0.6) is 0 Å². The first-order chi connectivity index (χ1) is 15.1. The second-order valence-electron chi connectivity index (χ2n) is 7.32. The third-order valence-corrected chi connectivity index (χ3v) is 5.11. The van der Waals surface area contributed by atoms with E-state index in [1.165, 1.54) is 18.7 Å². The van der Waals surface area contributed by atoms with Crippen molar-refractivity contribution in [2.24, 2.45) is 11.7 Å². The molecule has 1 aliphatic rings. The molecular formula is C22H23N3O7. The number of ether oxygens (including phenoxy) is 1. The zero-order valence-electron chi connectivity index (χ0n) is 17.9. The van der Waals surface area contributed by atoms with E-state index in [0.29, 0.717) is 11.3 Å². The van der Waals surface area contributed by atoms with Gasteiger partial charge in [-0.2, -0.15) is 0 Å². The molecule has 3 N–H and O–H groups in total. The lowest BCUT2D eigenvalue weighted by Crippen LogP contribution is -2.28. The Morgan fingerprint density at radius 3 is 2.41 bits per heavy atom. The molecule has 2 heterocycles. The van der Waals surface area contributed by atoms with Crippen LogP contribution in [-0.2, 0) is 14.3 Å². The number of primary amides is 1. The van der Waals surface area contributed by atoms with Gasteiger partial charge in [0.15, 0.2) is 5.78 Å². The second-order valence-corrected chi connectivity index (χ2v) is 7.32. The molecular weight excluding hydrogens is 418 g/mol. The molecule has 1 atom stereocenters. The number of hydrogen-bond donors (Lipinski definition) is 2. The predicted molar refractivity (Wildman–Crippen MR) is 113 cm³/mol. The fourth-order valence-electron chi connectivity index (χ4n) is 3.63. The second kappa shape index (κ2) is 9.04. The first kappa shape index (κ1) is 22.7. The van der Waals surface area contributed by atoms with Crippen molar-refractivity contribution < 1.29 is 33.1 Å². The van der Waals surface area contributed by atoms with E-state index < -0.39 is 29.5 Å². The Morgan fingerprint density at radius 1 is 1.19 bits per heavy atom. The summed E-state index contributed by atoms with van der Waals surface area (Å²) in [5.41, 5.74) is 6.07. The first-order valence-electron chi connectivity index (χ1n) is 9.96. The number of aryl methyl sites for hydroxylation is 1. The number of nitrogens with one attached hydrogen (secondary N) is 1. The highest BCUT2D eigenvalue weighted by atomic mass is 16.5. The molecule has 1 unspecified atom stereocenters. The SMILES string of the molecule is CCOC(=O)c1ccc(N2CC(C(=O)Nc3oc(C)c(C(C)=O)c3C(N)=O)CC2=O)cc1. The summed E-state index contributed by atoms with van der Waals surface area (Å²) < 4.78 is 10.3. The smallest absolute Gasteiger partial charge is 0.338 e. The van der Waals surface area contributed by atoms with E-state index in [1.807, 2.05) is 0 Å². The van der Waals surface area contributed by atoms with E-state index in [9.17, 15) is 24.0 Å². The average molecular weight is 441 g/mol. The Kier molecular flexibility index (Phi) is 6.42. The number of nitrogens with two attached hydrogens (primary N) is 1. The zero-order chi connectivity index (χ0) is 23.6. The quantitative estimate of drug-likeness (QED) is 0.493. The minimum atomic E-state index is -0.909. The highest BCUT2D eigenvalue weighted by molar-refractivity contribution is 6.12. The molecule has 1 aromatic heterocycles. The lowest BCUT2D eigenvalue weighted by Gasteiger charge is -2.17. The maximum Gasteiger partial charge on any atom is 0.338 e. The summed E-state index contributed by atoms with van der Waals surface area (Å²) in [6.07, 6.45) is -0.0589. The molecule has 0 saturated carbocycles. The predicted octanol–water partition coefficient (Wildman–Crippen LogP) is 2.06. The number of anilines is 2. The van der Waals surface area contributed by atoms with E-state index in [1.54, 1.807) is 31.2 Å². The van der Waals surface area contributed by atoms with E-state index >= 15 is 0 Å². The number of Topliss-reactive ketones (excluding diaryl/α,β-unsaturated/α-hetero) is 1. The van der Waals surface area contributed by atoms with Crippen molar-refractivity contribution in [2.75, 3.05) is 23.4 Å². The van der Waals surface area contributed by atoms with Crippen LogP contribution in [0.15, 0.2) is 28.7 Å². The highest BCUT2D eigenvalue weighted by Gasteiger charge is 2.36. The van der Waals surface area contributed by atoms with Gasteiger partial charge in [0.05, 0.1) is 23.7 Å². The minimum absolute atomic E-state index is 0.0126. The maximum absolute atomic E-state index is 12.8. The van der Waals surface area contributed by atoms with Crippen LogP contribution in [0.25, 0.3) is 0 Å². The zero-order valence-corrected chi connectivity index (χ0v) is 17.9. The number of furan rings is 1. The third kappa shape index (κ3) is 4.39. The molecule has 2 aromatic rings. The molecule has 1 saturated heterocycles. The summed E-state index contributed by atoms with van der Waals surface area (Å²) in [4.78, 5) is 62.1. The maximum atomic E-state index is 12.8. The van der Waals surface area contributed by atoms with E-state index in [-0.39, 0.29) is 48.3 Å². The lowest BCUT2D eigenvalue weighted by molar-refractivity contribution is -0.122. The van der Waals surface area contributed by atoms with Crippen molar-refractivity contribution in [2.45, 2.75) is 27.2 Å². The van der Waals surface area contributed by atoms with Crippen molar-refractivity contribution in [1.82, 2.24) is 0 Å². The van der Waals surface area contributed by atoms with Gasteiger partial charge in [-0.1, -0.05) is 0 Å². The molecule has 0 aliphatic carbocycles. The lowest BCUT2D eigenvalue weighted by atomic mass is 10.1. The van der Waals surface area contributed by atoms with Crippen LogP contribution in [0.3, 0.4) is 0 Å². The Labute approximate surface area is 183 Å². The number of hydrogen-bond acceptors (Lipinski definition) is 7. The molecule has 3 rings (SSSR count). The summed E-state index contributed by atoms with van der Waals surface area (Å²) in [6.45, 7) is 4.80. The van der Waals surface area contributed by atoms with Crippen LogP contribution in [0.1, 0.15) is 57.1 Å². The molecule has 1 fully saturated rings. The summed E-state index contributed by atoms with van der Waals surface area (Å²) in [5, 5.41) is 2.48. The van der Waals surface area contributed by atoms with Gasteiger partial charge in [-0.15, -0.1) is 0 Å². The van der Waals surface area contributed by atoms with Gasteiger partial charge in [-0.05, 0) is 45.0 Å². The van der Waals surface area contributed by atoms with Crippen LogP contribution in [-0.4, -0.2) is 42.6 Å². The summed E-state index contributed by atoms with van der Waals surface area (Å²) in [7, 11) is 0. The Hall–Kier alpha value is -3.95. The fraction of sp³-hybridized carbons (Fsp3) is 0.318. The fourth-order valence-corrected chi connectivity index (χ4v) is 3.63. The number of amides is 3. The molecule has 10 nitrogen and oxygen atoms in total. The van der Waals surface area contributed by atoms with E-state index in [2.05, 4.69) is 5.32 Å². The number of nitrogens with zero attached hydrogens (tertiary/aromatic N) is 1. The molecule has 1 aromatic carbocycles. The molecule has 0 radical (unpaired) electrons. The molecule has 10 heteroatoms. The molecule has 3 amide bonds. The van der Waals surface area contributed by atoms with Gasteiger partial charge in [0.1, 0.15) is 11.3 Å². The van der Waals surface area contributed by atoms with Crippen molar-refractivity contribution in [1.29, 1.82) is 0 Å². The van der Waals surface area contributed by atoms with Gasteiger partial charge in [-0.25, -0.2) is 4.79 Å². The number of ketones is 1. The number of carbonyl (C=O) groups excluding carboxylic acids is 5. The number of carbonyl (C=O) groups is 5. The molecule has 168 valence electrons. The normalized spacial score (nSPS) is 15.5. The van der Waals surface area contributed by atoms with Gasteiger partial charge < -0.3 is 19.8 Å². The van der Waals surface area contributed by atoms with Crippen LogP contribution in [0.2, 0.25) is 0 Å². The molecule has 1 aliphatic heterocycles. The van der Waals surface area contributed by atoms with Gasteiger partial charge >= 0.3 is 5.97 Å². The Bertz CT molecular complexity index is 1100. The largest absolute Gasteiger partial charge is 0.462 e. The van der Waals surface area contributed by atoms with Crippen LogP contribution in [0, 0.1) is 12.8 Å². The Morgan fingerprint density at radius 2 is 1.84 bits per heavy atom. The Balaban J connectivity index is 1.75. The van der Waals surface area contributed by atoms with Crippen LogP contribution in [0.4, 0.5) is 11.6 Å². The number of rotatable bonds is 7. The summed E-state index contributed by atoms with van der Waals surface area (Å²) in [5.74, 6) is -3.39. The van der Waals surface area contributed by atoms with E-state index in [0.717, 1.165) is 0 Å². The number of benzene rings is 1. The highest BCUT2D eigenvalue weighted by Crippen LogP contribution is 2.30. The summed E-state index contributed by atoms with van der Waals surface area (Å²) >= 11 is 0. The van der Waals surface area contributed by atoms with Crippen molar-refractivity contribution in [3.05, 3.63) is 46.7 Å². The van der Waals surface area contributed by atoms with Gasteiger partial charge in [0, 0.05) is 18.7 Å². The monoisotopic (exact) mass is 441 g/mol. The first-order valence-corrected chi connectivity index (χ1v) is 9.96. The molecule has 0 spiro atoms. The standard InChI is InChI=1S/C22H23N3O7/c1-4-31-22(30)13-5-7-15(8-6-13)25-10-14(9-16(25)27)20(29)24-21-18(19(23)28)17(11(2)26)12(3)32-21/h5-8,14H,4,9-10H2,1-3H3,(H2,23,28)(H,24,29). The molecule has 32 heavy (non-hydrogen) atoms. The third-order valence-electron chi connectivity index (χ3n) is 5.11. The molecule has 0 bridgehead atoms. The van der Waals surface area contributed by atoms with Gasteiger partial charge in [0.25, 0.3) is 5.91 Å². The minimum Gasteiger partial charge on any atom is -0.462 e. The summed E-state index contributed by atoms with van der Waals surface area (Å²) in [6, 6.07) is 6.29. The van der Waals surface area contributed by atoms with Crippen LogP contribution < -0.4 is 16.0 Å².